The van der Waals surface area contributed by atoms with Crippen molar-refractivity contribution in [3.63, 3.8) is 0 Å². The molecule has 1 unspecified atom stereocenters. The quantitative estimate of drug-likeness (QED) is 0.883. The molecule has 23 heavy (non-hydrogen) atoms. The summed E-state index contributed by atoms with van der Waals surface area (Å²) in [6, 6.07) is 12.0. The molecule has 0 aliphatic rings. The number of pyridine rings is 1. The van der Waals surface area contributed by atoms with Crippen LogP contribution in [-0.2, 0) is 0 Å². The summed E-state index contributed by atoms with van der Waals surface area (Å²) in [6.45, 7) is 1.87. The van der Waals surface area contributed by atoms with Gasteiger partial charge in [-0.05, 0) is 36.2 Å². The number of H-pyrrole nitrogens is 1. The van der Waals surface area contributed by atoms with Gasteiger partial charge >= 0.3 is 0 Å². The Kier molecular flexibility index (Phi) is 5.56. The van der Waals surface area contributed by atoms with Gasteiger partial charge in [0.2, 0.25) is 0 Å². The van der Waals surface area contributed by atoms with Crippen LogP contribution in [-0.4, -0.2) is 16.9 Å². The molecule has 1 aromatic carbocycles. The van der Waals surface area contributed by atoms with Gasteiger partial charge in [0.05, 0.1) is 12.5 Å². The predicted octanol–water partition coefficient (Wildman–Crippen LogP) is 3.12. The number of nitriles is 1. The summed E-state index contributed by atoms with van der Waals surface area (Å²) < 4.78 is 0. The van der Waals surface area contributed by atoms with E-state index in [1.54, 1.807) is 24.3 Å². The van der Waals surface area contributed by atoms with Crippen molar-refractivity contribution in [1.82, 2.24) is 10.3 Å². The van der Waals surface area contributed by atoms with Crippen molar-refractivity contribution in [2.45, 2.75) is 25.8 Å². The number of amides is 1. The van der Waals surface area contributed by atoms with E-state index in [2.05, 4.69) is 10.3 Å². The first-order valence-corrected chi connectivity index (χ1v) is 7.60. The minimum absolute atomic E-state index is 0.0205. The van der Waals surface area contributed by atoms with Gasteiger partial charge in [0, 0.05) is 16.8 Å². The summed E-state index contributed by atoms with van der Waals surface area (Å²) >= 11 is 5.94. The van der Waals surface area contributed by atoms with E-state index in [-0.39, 0.29) is 18.0 Å². The second kappa shape index (κ2) is 7.61. The highest BCUT2D eigenvalue weighted by Gasteiger charge is 2.15. The minimum atomic E-state index is -0.481. The van der Waals surface area contributed by atoms with Crippen LogP contribution in [0.4, 0.5) is 0 Å². The maximum absolute atomic E-state index is 12.2. The summed E-state index contributed by atoms with van der Waals surface area (Å²) in [7, 11) is 0. The Labute approximate surface area is 138 Å². The SMILES string of the molecule is CCC(CC#N)NC(=O)c1ccc(-c2cccc(Cl)c2)[nH]c1=O. The molecule has 1 heterocycles. The van der Waals surface area contributed by atoms with Crippen LogP contribution in [0.1, 0.15) is 30.1 Å². The average molecular weight is 330 g/mol. The Hall–Kier alpha value is -2.58. The number of halogens is 1. The maximum Gasteiger partial charge on any atom is 0.261 e. The second-order valence-corrected chi connectivity index (χ2v) is 5.50. The molecule has 1 atom stereocenters. The Morgan fingerprint density at radius 2 is 2.17 bits per heavy atom. The molecule has 1 amide bonds. The Morgan fingerprint density at radius 1 is 1.39 bits per heavy atom. The van der Waals surface area contributed by atoms with Crippen molar-refractivity contribution in [1.29, 1.82) is 5.26 Å². The van der Waals surface area contributed by atoms with Gasteiger partial charge in [0.25, 0.3) is 11.5 Å². The molecule has 0 aliphatic heterocycles. The van der Waals surface area contributed by atoms with E-state index in [4.69, 9.17) is 16.9 Å². The molecule has 2 rings (SSSR count). The molecule has 2 N–H and O–H groups in total. The highest BCUT2D eigenvalue weighted by atomic mass is 35.5. The topological polar surface area (TPSA) is 85.8 Å². The molecule has 6 heteroatoms. The second-order valence-electron chi connectivity index (χ2n) is 5.07. The fourth-order valence-corrected chi connectivity index (χ4v) is 2.34. The summed E-state index contributed by atoms with van der Waals surface area (Å²) in [5, 5.41) is 12.0. The van der Waals surface area contributed by atoms with Gasteiger partial charge in [-0.15, -0.1) is 0 Å². The third-order valence-corrected chi connectivity index (χ3v) is 3.69. The number of carbonyl (C=O) groups excluding carboxylic acids is 1. The van der Waals surface area contributed by atoms with Crippen molar-refractivity contribution in [3.8, 4) is 17.3 Å². The lowest BCUT2D eigenvalue weighted by atomic mass is 10.1. The maximum atomic E-state index is 12.2. The molecule has 1 aromatic heterocycles. The lowest BCUT2D eigenvalue weighted by Crippen LogP contribution is -2.37. The van der Waals surface area contributed by atoms with Crippen LogP contribution in [0.25, 0.3) is 11.3 Å². The lowest BCUT2D eigenvalue weighted by molar-refractivity contribution is 0.0935. The fraction of sp³-hybridized carbons (Fsp3) is 0.235. The van der Waals surface area contributed by atoms with Crippen molar-refractivity contribution in [2.24, 2.45) is 0 Å². The van der Waals surface area contributed by atoms with Crippen molar-refractivity contribution in [3.05, 3.63) is 57.3 Å². The zero-order valence-electron chi connectivity index (χ0n) is 12.6. The van der Waals surface area contributed by atoms with Crippen LogP contribution >= 0.6 is 11.6 Å². The molecule has 0 saturated carbocycles. The monoisotopic (exact) mass is 329 g/mol. The molecule has 0 radical (unpaired) electrons. The number of aromatic nitrogens is 1. The normalized spacial score (nSPS) is 11.5. The zero-order valence-corrected chi connectivity index (χ0v) is 13.4. The van der Waals surface area contributed by atoms with Gasteiger partial charge in [0.15, 0.2) is 0 Å². The Bertz CT molecular complexity index is 808. The highest BCUT2D eigenvalue weighted by molar-refractivity contribution is 6.30. The van der Waals surface area contributed by atoms with Crippen LogP contribution in [0, 0.1) is 11.3 Å². The number of aromatic amines is 1. The van der Waals surface area contributed by atoms with E-state index >= 15 is 0 Å². The number of nitrogens with one attached hydrogen (secondary N) is 2. The van der Waals surface area contributed by atoms with Gasteiger partial charge < -0.3 is 10.3 Å². The first-order valence-electron chi connectivity index (χ1n) is 7.22. The lowest BCUT2D eigenvalue weighted by Gasteiger charge is -2.13. The van der Waals surface area contributed by atoms with Crippen molar-refractivity contribution in [2.75, 3.05) is 0 Å². The number of carbonyl (C=O) groups is 1. The number of rotatable bonds is 5. The van der Waals surface area contributed by atoms with Gasteiger partial charge in [-0.1, -0.05) is 30.7 Å². The molecule has 118 valence electrons. The molecule has 2 aromatic rings. The molecule has 0 aliphatic carbocycles. The van der Waals surface area contributed by atoms with Crippen LogP contribution in [0.15, 0.2) is 41.2 Å². The third kappa shape index (κ3) is 4.21. The first-order chi connectivity index (χ1) is 11.0. The number of nitrogens with zero attached hydrogens (tertiary/aromatic N) is 1. The van der Waals surface area contributed by atoms with E-state index in [1.807, 2.05) is 19.1 Å². The molecule has 0 bridgehead atoms. The van der Waals surface area contributed by atoms with Crippen LogP contribution < -0.4 is 10.9 Å². The molecule has 0 spiro atoms. The van der Waals surface area contributed by atoms with Crippen LogP contribution in [0.2, 0.25) is 5.02 Å². The Morgan fingerprint density at radius 3 is 2.78 bits per heavy atom. The van der Waals surface area contributed by atoms with Gasteiger partial charge in [-0.25, -0.2) is 0 Å². The molecule has 0 fully saturated rings. The standard InChI is InChI=1S/C17H16ClN3O2/c1-2-13(8-9-19)20-16(22)14-6-7-15(21-17(14)23)11-4-3-5-12(18)10-11/h3-7,10,13H,2,8H2,1H3,(H,20,22)(H,21,23). The van der Waals surface area contributed by atoms with E-state index in [9.17, 15) is 9.59 Å². The van der Waals surface area contributed by atoms with Crippen LogP contribution in [0.3, 0.4) is 0 Å². The first kappa shape index (κ1) is 16.8. The summed E-state index contributed by atoms with van der Waals surface area (Å²) in [4.78, 5) is 27.0. The van der Waals surface area contributed by atoms with E-state index < -0.39 is 11.5 Å². The van der Waals surface area contributed by atoms with E-state index in [1.165, 1.54) is 6.07 Å². The number of hydrogen-bond acceptors (Lipinski definition) is 3. The highest BCUT2D eigenvalue weighted by Crippen LogP contribution is 2.20. The smallest absolute Gasteiger partial charge is 0.261 e. The summed E-state index contributed by atoms with van der Waals surface area (Å²) in [5.41, 5.74) is 0.884. The number of benzene rings is 1. The fourth-order valence-electron chi connectivity index (χ4n) is 2.15. The largest absolute Gasteiger partial charge is 0.348 e. The summed E-state index contributed by atoms with van der Waals surface area (Å²) in [6.07, 6.45) is 0.832. The zero-order chi connectivity index (χ0) is 16.8. The molecule has 5 nitrogen and oxygen atoms in total. The predicted molar refractivity (Wildman–Crippen MR) is 89.3 cm³/mol. The minimum Gasteiger partial charge on any atom is -0.348 e. The van der Waals surface area contributed by atoms with Crippen molar-refractivity contribution >= 4 is 17.5 Å². The van der Waals surface area contributed by atoms with E-state index in [0.29, 0.717) is 17.1 Å². The summed E-state index contributed by atoms with van der Waals surface area (Å²) in [5.74, 6) is -0.481. The van der Waals surface area contributed by atoms with E-state index in [0.717, 1.165) is 5.56 Å². The molecular weight excluding hydrogens is 314 g/mol. The van der Waals surface area contributed by atoms with Crippen LogP contribution in [0.5, 0.6) is 0 Å². The van der Waals surface area contributed by atoms with Gasteiger partial charge in [-0.2, -0.15) is 5.26 Å². The Balaban J connectivity index is 2.24. The number of hydrogen-bond donors (Lipinski definition) is 2. The average Bonchev–Trinajstić information content (AvgIpc) is 2.54. The third-order valence-electron chi connectivity index (χ3n) is 3.46. The van der Waals surface area contributed by atoms with Crippen molar-refractivity contribution < 1.29 is 4.79 Å². The molecule has 0 saturated heterocycles. The van der Waals surface area contributed by atoms with Gasteiger partial charge in [-0.3, -0.25) is 9.59 Å². The molecular formula is C17H16ClN3O2. The van der Waals surface area contributed by atoms with Gasteiger partial charge in [0.1, 0.15) is 5.56 Å².